The fourth-order valence-corrected chi connectivity index (χ4v) is 2.54. The Bertz CT molecular complexity index is 412. The number of amides is 1. The minimum atomic E-state index is -0.404. The van der Waals surface area contributed by atoms with Crippen molar-refractivity contribution in [2.45, 2.75) is 46.5 Å². The molecule has 114 valence electrons. The van der Waals surface area contributed by atoms with Gasteiger partial charge in [-0.2, -0.15) is 0 Å². The highest BCUT2D eigenvalue weighted by Gasteiger charge is 2.37. The number of allylic oxidation sites excluding steroid dienone is 1. The Morgan fingerprint density at radius 3 is 2.45 bits per heavy atom. The number of hydrogen-bond acceptors (Lipinski definition) is 4. The van der Waals surface area contributed by atoms with Crippen molar-refractivity contribution < 1.29 is 19.8 Å². The van der Waals surface area contributed by atoms with Crippen molar-refractivity contribution in [3.63, 3.8) is 0 Å². The molecule has 0 heterocycles. The zero-order valence-corrected chi connectivity index (χ0v) is 12.6. The van der Waals surface area contributed by atoms with Crippen molar-refractivity contribution in [1.29, 1.82) is 0 Å². The molecule has 1 amide bonds. The molecule has 0 unspecified atom stereocenters. The summed E-state index contributed by atoms with van der Waals surface area (Å²) in [6.45, 7) is 6.66. The predicted octanol–water partition coefficient (Wildman–Crippen LogP) is 1.81. The van der Waals surface area contributed by atoms with Crippen molar-refractivity contribution >= 4 is 11.7 Å². The summed E-state index contributed by atoms with van der Waals surface area (Å²) in [5.41, 5.74) is -0.359. The number of ketones is 1. The lowest BCUT2D eigenvalue weighted by Crippen LogP contribution is -2.39. The summed E-state index contributed by atoms with van der Waals surface area (Å²) in [7, 11) is 0. The quantitative estimate of drug-likeness (QED) is 0.729. The normalized spacial score (nSPS) is 18.3. The zero-order valence-electron chi connectivity index (χ0n) is 12.6. The summed E-state index contributed by atoms with van der Waals surface area (Å²) in [5.74, 6) is -0.784. The van der Waals surface area contributed by atoms with Gasteiger partial charge < -0.3 is 15.1 Å². The fourth-order valence-electron chi connectivity index (χ4n) is 2.54. The number of rotatable bonds is 6. The molecule has 0 saturated carbocycles. The Kier molecular flexibility index (Phi) is 5.74. The Balaban J connectivity index is 2.95. The molecule has 0 spiro atoms. The van der Waals surface area contributed by atoms with E-state index < -0.39 is 5.91 Å². The molecule has 5 nitrogen and oxygen atoms in total. The third-order valence-electron chi connectivity index (χ3n) is 3.43. The lowest BCUT2D eigenvalue weighted by Gasteiger charge is -2.31. The SMILES string of the molecule is CCCN(CCCO)C(=O)C1=C(O)CC(C)(C)CC1=O. The monoisotopic (exact) mass is 283 g/mol. The summed E-state index contributed by atoms with van der Waals surface area (Å²) < 4.78 is 0. The molecule has 20 heavy (non-hydrogen) atoms. The highest BCUT2D eigenvalue weighted by Crippen LogP contribution is 2.36. The molecule has 0 aromatic heterocycles. The maximum atomic E-state index is 12.4. The number of aliphatic hydroxyl groups excluding tert-OH is 2. The van der Waals surface area contributed by atoms with E-state index in [9.17, 15) is 14.7 Å². The zero-order chi connectivity index (χ0) is 15.3. The van der Waals surface area contributed by atoms with Crippen molar-refractivity contribution in [1.82, 2.24) is 4.90 Å². The van der Waals surface area contributed by atoms with Gasteiger partial charge in [0.2, 0.25) is 0 Å². The smallest absolute Gasteiger partial charge is 0.260 e. The molecule has 0 atom stereocenters. The van der Waals surface area contributed by atoms with Crippen LogP contribution < -0.4 is 0 Å². The van der Waals surface area contributed by atoms with Gasteiger partial charge >= 0.3 is 0 Å². The van der Waals surface area contributed by atoms with Crippen LogP contribution in [0.2, 0.25) is 0 Å². The van der Waals surface area contributed by atoms with Gasteiger partial charge in [0.15, 0.2) is 5.78 Å². The average molecular weight is 283 g/mol. The van der Waals surface area contributed by atoms with Crippen LogP contribution in [0.4, 0.5) is 0 Å². The molecule has 0 fully saturated rings. The van der Waals surface area contributed by atoms with Crippen LogP contribution in [0.5, 0.6) is 0 Å². The topological polar surface area (TPSA) is 77.8 Å². The van der Waals surface area contributed by atoms with E-state index in [0.29, 0.717) is 25.9 Å². The minimum absolute atomic E-state index is 0.000494. The van der Waals surface area contributed by atoms with Crippen molar-refractivity contribution in [3.8, 4) is 0 Å². The van der Waals surface area contributed by atoms with Gasteiger partial charge in [0.05, 0.1) is 0 Å². The highest BCUT2D eigenvalue weighted by molar-refractivity contribution is 6.20. The van der Waals surface area contributed by atoms with E-state index in [0.717, 1.165) is 6.42 Å². The predicted molar refractivity (Wildman–Crippen MR) is 76.3 cm³/mol. The molecule has 1 rings (SSSR count). The van der Waals surface area contributed by atoms with Crippen LogP contribution in [-0.4, -0.2) is 46.5 Å². The van der Waals surface area contributed by atoms with Crippen molar-refractivity contribution in [3.05, 3.63) is 11.3 Å². The Labute approximate surface area is 120 Å². The number of hydrogen-bond donors (Lipinski definition) is 2. The summed E-state index contributed by atoms with van der Waals surface area (Å²) in [4.78, 5) is 26.1. The van der Waals surface area contributed by atoms with Crippen molar-refractivity contribution in [2.24, 2.45) is 5.41 Å². The first-order valence-corrected chi connectivity index (χ1v) is 7.18. The second-order valence-corrected chi connectivity index (χ2v) is 6.13. The second kappa shape index (κ2) is 6.88. The molecule has 1 aliphatic rings. The van der Waals surface area contributed by atoms with Gasteiger partial charge in [0.1, 0.15) is 11.3 Å². The van der Waals surface area contributed by atoms with Crippen molar-refractivity contribution in [2.75, 3.05) is 19.7 Å². The van der Waals surface area contributed by atoms with Gasteiger partial charge in [-0.3, -0.25) is 9.59 Å². The molecular formula is C15H25NO4. The molecule has 0 aliphatic heterocycles. The molecule has 1 aliphatic carbocycles. The highest BCUT2D eigenvalue weighted by atomic mass is 16.3. The first-order chi connectivity index (χ1) is 9.32. The van der Waals surface area contributed by atoms with Crippen LogP contribution in [0, 0.1) is 5.41 Å². The van der Waals surface area contributed by atoms with E-state index in [-0.39, 0.29) is 35.6 Å². The average Bonchev–Trinajstić information content (AvgIpc) is 2.31. The summed E-state index contributed by atoms with van der Waals surface area (Å²) in [6.07, 6.45) is 1.86. The Morgan fingerprint density at radius 1 is 1.30 bits per heavy atom. The lowest BCUT2D eigenvalue weighted by atomic mass is 9.76. The number of carbonyl (C=O) groups is 2. The summed E-state index contributed by atoms with van der Waals surface area (Å²) in [6, 6.07) is 0. The van der Waals surface area contributed by atoms with Crippen LogP contribution in [0.15, 0.2) is 11.3 Å². The molecule has 0 aromatic carbocycles. The van der Waals surface area contributed by atoms with Gasteiger partial charge in [-0.25, -0.2) is 0 Å². The number of carbonyl (C=O) groups excluding carboxylic acids is 2. The molecule has 0 bridgehead atoms. The van der Waals surface area contributed by atoms with E-state index >= 15 is 0 Å². The minimum Gasteiger partial charge on any atom is -0.511 e. The second-order valence-electron chi connectivity index (χ2n) is 6.13. The molecule has 5 heteroatoms. The first-order valence-electron chi connectivity index (χ1n) is 7.18. The Morgan fingerprint density at radius 2 is 1.95 bits per heavy atom. The van der Waals surface area contributed by atoms with Gasteiger partial charge in [-0.05, 0) is 18.3 Å². The van der Waals surface area contributed by atoms with Gasteiger partial charge in [0.25, 0.3) is 5.91 Å². The van der Waals surface area contributed by atoms with E-state index in [2.05, 4.69) is 0 Å². The van der Waals surface area contributed by atoms with Crippen LogP contribution >= 0.6 is 0 Å². The largest absolute Gasteiger partial charge is 0.511 e. The number of aliphatic hydroxyl groups is 2. The Hall–Kier alpha value is -1.36. The third kappa shape index (κ3) is 4.07. The fraction of sp³-hybridized carbons (Fsp3) is 0.733. The van der Waals surface area contributed by atoms with Crippen LogP contribution in [0.25, 0.3) is 0 Å². The first kappa shape index (κ1) is 16.7. The van der Waals surface area contributed by atoms with Gasteiger partial charge in [-0.15, -0.1) is 0 Å². The van der Waals surface area contributed by atoms with Crippen LogP contribution in [0.3, 0.4) is 0 Å². The molecule has 2 N–H and O–H groups in total. The standard InChI is InChI=1S/C15H25NO4/c1-4-6-16(7-5-8-17)14(20)13-11(18)9-15(2,3)10-12(13)19/h17-18H,4-10H2,1-3H3. The van der Waals surface area contributed by atoms with Gasteiger partial charge in [-0.1, -0.05) is 20.8 Å². The van der Waals surface area contributed by atoms with Crippen LogP contribution in [0.1, 0.15) is 46.5 Å². The lowest BCUT2D eigenvalue weighted by molar-refractivity contribution is -0.131. The number of Topliss-reactive ketones (excluding diaryl/α,β-unsaturated/α-hetero) is 1. The molecule has 0 saturated heterocycles. The van der Waals surface area contributed by atoms with E-state index in [4.69, 9.17) is 5.11 Å². The van der Waals surface area contributed by atoms with Gasteiger partial charge in [0, 0.05) is 32.5 Å². The van der Waals surface area contributed by atoms with E-state index in [1.54, 1.807) is 0 Å². The number of nitrogens with zero attached hydrogens (tertiary/aromatic N) is 1. The van der Waals surface area contributed by atoms with E-state index in [1.165, 1.54) is 4.90 Å². The maximum absolute atomic E-state index is 12.4. The summed E-state index contributed by atoms with van der Waals surface area (Å²) in [5, 5.41) is 18.9. The maximum Gasteiger partial charge on any atom is 0.260 e. The molecular weight excluding hydrogens is 258 g/mol. The van der Waals surface area contributed by atoms with Crippen LogP contribution in [-0.2, 0) is 9.59 Å². The molecule has 0 aromatic rings. The third-order valence-corrected chi connectivity index (χ3v) is 3.43. The molecule has 0 radical (unpaired) electrons. The summed E-state index contributed by atoms with van der Waals surface area (Å²) >= 11 is 0. The van der Waals surface area contributed by atoms with E-state index in [1.807, 2.05) is 20.8 Å².